The number of fused-ring (bicyclic) bond motifs is 5. The molecule has 1 aromatic carbocycles. The van der Waals surface area contributed by atoms with E-state index in [2.05, 4.69) is 69.3 Å². The van der Waals surface area contributed by atoms with Gasteiger partial charge in [0.1, 0.15) is 5.78 Å². The maximum absolute atomic E-state index is 12.6. The van der Waals surface area contributed by atoms with Crippen LogP contribution in [0.4, 0.5) is 0 Å². The summed E-state index contributed by atoms with van der Waals surface area (Å²) in [7, 11) is 0. The van der Waals surface area contributed by atoms with Crippen LogP contribution in [-0.4, -0.2) is 11.9 Å². The molecule has 4 aliphatic carbocycles. The molecule has 2 saturated carbocycles. The Labute approximate surface area is 188 Å². The van der Waals surface area contributed by atoms with Gasteiger partial charge in [-0.1, -0.05) is 68.0 Å². The second kappa shape index (κ2) is 7.44. The Balaban J connectivity index is 1.33. The van der Waals surface area contributed by atoms with Crippen molar-refractivity contribution in [3.05, 3.63) is 59.7 Å². The standard InChI is InChI=1S/C29H38O2/c1-20(30)28(3)16-14-26-24-11-10-22-18-23(31-19-21-8-6-5-7-9-21)12-15-27(22,2)25(24)13-17-29(26,28)4/h5-10,14,16,23-26H,11-13,15,17-19H2,1-4H3/t23-,24+,25-,26-,27-,28+,29-/m0/s1. The van der Waals surface area contributed by atoms with Gasteiger partial charge in [-0.2, -0.15) is 0 Å². The molecule has 0 heterocycles. The Morgan fingerprint density at radius 2 is 1.87 bits per heavy atom. The van der Waals surface area contributed by atoms with Gasteiger partial charge >= 0.3 is 0 Å². The molecule has 0 spiro atoms. The van der Waals surface area contributed by atoms with E-state index in [4.69, 9.17) is 4.74 Å². The molecule has 1 aromatic rings. The molecule has 166 valence electrons. The van der Waals surface area contributed by atoms with E-state index in [-0.39, 0.29) is 10.8 Å². The molecule has 31 heavy (non-hydrogen) atoms. The fourth-order valence-corrected chi connectivity index (χ4v) is 7.78. The molecule has 0 aromatic heterocycles. The van der Waals surface area contributed by atoms with Gasteiger partial charge in [0.25, 0.3) is 0 Å². The van der Waals surface area contributed by atoms with Crippen molar-refractivity contribution >= 4 is 5.78 Å². The Hall–Kier alpha value is -1.67. The molecule has 5 rings (SSSR count). The number of carbonyl (C=O) groups is 1. The first-order chi connectivity index (χ1) is 14.8. The topological polar surface area (TPSA) is 26.3 Å². The summed E-state index contributed by atoms with van der Waals surface area (Å²) >= 11 is 0. The van der Waals surface area contributed by atoms with Gasteiger partial charge in [0, 0.05) is 5.41 Å². The van der Waals surface area contributed by atoms with Crippen molar-refractivity contribution in [1.82, 2.24) is 0 Å². The molecule has 7 atom stereocenters. The monoisotopic (exact) mass is 418 g/mol. The lowest BCUT2D eigenvalue weighted by Gasteiger charge is -2.59. The van der Waals surface area contributed by atoms with E-state index in [1.807, 2.05) is 0 Å². The number of benzene rings is 1. The van der Waals surface area contributed by atoms with Crippen LogP contribution in [0.25, 0.3) is 0 Å². The Morgan fingerprint density at radius 1 is 1.10 bits per heavy atom. The predicted molar refractivity (Wildman–Crippen MR) is 125 cm³/mol. The number of Topliss-reactive ketones (excluding diaryl/α,β-unsaturated/α-hetero) is 1. The summed E-state index contributed by atoms with van der Waals surface area (Å²) in [6, 6.07) is 10.5. The predicted octanol–water partition coefficient (Wildman–Crippen LogP) is 6.91. The summed E-state index contributed by atoms with van der Waals surface area (Å²) in [4.78, 5) is 12.6. The smallest absolute Gasteiger partial charge is 0.140 e. The molecule has 0 bridgehead atoms. The van der Waals surface area contributed by atoms with Crippen molar-refractivity contribution in [2.24, 2.45) is 34.0 Å². The molecule has 0 N–H and O–H groups in total. The Kier molecular flexibility index (Phi) is 5.09. The van der Waals surface area contributed by atoms with Crippen LogP contribution in [0.3, 0.4) is 0 Å². The minimum Gasteiger partial charge on any atom is -0.373 e. The molecule has 2 fully saturated rings. The highest BCUT2D eigenvalue weighted by atomic mass is 16.5. The number of allylic oxidation sites excluding steroid dienone is 3. The van der Waals surface area contributed by atoms with Gasteiger partial charge in [0.2, 0.25) is 0 Å². The highest BCUT2D eigenvalue weighted by molar-refractivity contribution is 5.85. The average Bonchev–Trinajstić information content (AvgIpc) is 3.05. The van der Waals surface area contributed by atoms with Gasteiger partial charge in [-0.25, -0.2) is 0 Å². The zero-order chi connectivity index (χ0) is 21.9. The lowest BCUT2D eigenvalue weighted by atomic mass is 9.45. The number of carbonyl (C=O) groups excluding carboxylic acids is 1. The van der Waals surface area contributed by atoms with E-state index >= 15 is 0 Å². The summed E-state index contributed by atoms with van der Waals surface area (Å²) in [6.45, 7) is 9.63. The minimum absolute atomic E-state index is 0.0811. The molecule has 0 aliphatic heterocycles. The van der Waals surface area contributed by atoms with Crippen LogP contribution in [0.1, 0.15) is 71.8 Å². The number of rotatable bonds is 4. The number of hydrogen-bond donors (Lipinski definition) is 0. The van der Waals surface area contributed by atoms with Gasteiger partial charge in [-0.05, 0) is 86.5 Å². The Morgan fingerprint density at radius 3 is 2.61 bits per heavy atom. The molecule has 0 amide bonds. The van der Waals surface area contributed by atoms with E-state index in [0.717, 1.165) is 25.4 Å². The van der Waals surface area contributed by atoms with E-state index < -0.39 is 0 Å². The maximum Gasteiger partial charge on any atom is 0.140 e. The van der Waals surface area contributed by atoms with Gasteiger partial charge in [-0.3, -0.25) is 4.79 Å². The van der Waals surface area contributed by atoms with Crippen molar-refractivity contribution in [2.45, 2.75) is 78.9 Å². The fourth-order valence-electron chi connectivity index (χ4n) is 7.78. The summed E-state index contributed by atoms with van der Waals surface area (Å²) in [5.74, 6) is 2.27. The molecular weight excluding hydrogens is 380 g/mol. The van der Waals surface area contributed by atoms with Crippen molar-refractivity contribution in [3.63, 3.8) is 0 Å². The molecule has 2 nitrogen and oxygen atoms in total. The molecule has 2 heteroatoms. The first kappa shape index (κ1) is 21.2. The maximum atomic E-state index is 12.6. The molecule has 0 radical (unpaired) electrons. The quantitative estimate of drug-likeness (QED) is 0.497. The van der Waals surface area contributed by atoms with Gasteiger partial charge in [0.05, 0.1) is 12.7 Å². The lowest BCUT2D eigenvalue weighted by Crippen LogP contribution is -2.53. The third-order valence-electron chi connectivity index (χ3n) is 10.2. The molecule has 4 aliphatic rings. The number of hydrogen-bond acceptors (Lipinski definition) is 2. The van der Waals surface area contributed by atoms with Gasteiger partial charge < -0.3 is 4.74 Å². The summed E-state index contributed by atoms with van der Waals surface area (Å²) < 4.78 is 6.35. The first-order valence-electron chi connectivity index (χ1n) is 12.3. The van der Waals surface area contributed by atoms with E-state index in [9.17, 15) is 4.79 Å². The highest BCUT2D eigenvalue weighted by Gasteiger charge is 2.61. The Bertz CT molecular complexity index is 914. The zero-order valence-corrected chi connectivity index (χ0v) is 19.7. The van der Waals surface area contributed by atoms with Crippen LogP contribution >= 0.6 is 0 Å². The van der Waals surface area contributed by atoms with Crippen LogP contribution < -0.4 is 0 Å². The van der Waals surface area contributed by atoms with Gasteiger partial charge in [0.15, 0.2) is 0 Å². The van der Waals surface area contributed by atoms with E-state index in [1.54, 1.807) is 12.5 Å². The summed E-state index contributed by atoms with van der Waals surface area (Å²) in [5.41, 5.74) is 3.01. The molecule has 0 saturated heterocycles. The third-order valence-corrected chi connectivity index (χ3v) is 10.2. The van der Waals surface area contributed by atoms with Crippen LogP contribution in [0.5, 0.6) is 0 Å². The zero-order valence-electron chi connectivity index (χ0n) is 19.7. The summed E-state index contributed by atoms with van der Waals surface area (Å²) in [5, 5.41) is 0. The fraction of sp³-hybridized carbons (Fsp3) is 0.621. The van der Waals surface area contributed by atoms with Crippen LogP contribution in [-0.2, 0) is 16.1 Å². The van der Waals surface area contributed by atoms with E-state index in [0.29, 0.717) is 29.1 Å². The number of ether oxygens (including phenoxy) is 1. The second-order valence-corrected chi connectivity index (χ2v) is 11.4. The normalized spacial score (nSPS) is 43.5. The van der Waals surface area contributed by atoms with Crippen LogP contribution in [0.15, 0.2) is 54.1 Å². The molecular formula is C29H38O2. The average molecular weight is 419 g/mol. The van der Waals surface area contributed by atoms with Crippen molar-refractivity contribution < 1.29 is 9.53 Å². The van der Waals surface area contributed by atoms with E-state index in [1.165, 1.54) is 31.2 Å². The SMILES string of the molecule is CC(=O)[C@@]1(C)C=C[C@H]2[C@@H]3CC=C4C[C@@H](OCc5ccccc5)CC[C@]4(C)[C@H]3CC[C@@]21C. The lowest BCUT2D eigenvalue weighted by molar-refractivity contribution is -0.135. The van der Waals surface area contributed by atoms with Crippen LogP contribution in [0, 0.1) is 34.0 Å². The largest absolute Gasteiger partial charge is 0.373 e. The number of ketones is 1. The van der Waals surface area contributed by atoms with Crippen molar-refractivity contribution in [2.75, 3.05) is 0 Å². The first-order valence-corrected chi connectivity index (χ1v) is 12.3. The molecule has 0 unspecified atom stereocenters. The van der Waals surface area contributed by atoms with Crippen molar-refractivity contribution in [3.8, 4) is 0 Å². The minimum atomic E-state index is -0.295. The highest BCUT2D eigenvalue weighted by Crippen LogP contribution is 2.67. The van der Waals surface area contributed by atoms with Crippen molar-refractivity contribution in [1.29, 1.82) is 0 Å². The summed E-state index contributed by atoms with van der Waals surface area (Å²) in [6.07, 6.45) is 14.7. The third kappa shape index (κ3) is 3.12. The van der Waals surface area contributed by atoms with Crippen LogP contribution in [0.2, 0.25) is 0 Å². The van der Waals surface area contributed by atoms with Gasteiger partial charge in [-0.15, -0.1) is 0 Å². The second-order valence-electron chi connectivity index (χ2n) is 11.4.